The van der Waals surface area contributed by atoms with Crippen LogP contribution in [0.3, 0.4) is 0 Å². The Bertz CT molecular complexity index is 695. The van der Waals surface area contributed by atoms with Gasteiger partial charge in [0.2, 0.25) is 0 Å². The lowest BCUT2D eigenvalue weighted by Gasteiger charge is -2.14. The number of aliphatic hydroxyl groups excluding tert-OH is 2. The number of aromatic hydroxyl groups is 1. The maximum absolute atomic E-state index is 10.2. The molecule has 6 nitrogen and oxygen atoms in total. The molecular weight excluding hydrogens is 382 g/mol. The normalized spacial score (nSPS) is 12.2. The third kappa shape index (κ3) is 9.69. The largest absolute Gasteiger partial charge is 0.508 e. The third-order valence-corrected chi connectivity index (χ3v) is 4.86. The van der Waals surface area contributed by atoms with E-state index in [0.29, 0.717) is 37.5 Å². The Morgan fingerprint density at radius 3 is 2.33 bits per heavy atom. The fourth-order valence-electron chi connectivity index (χ4n) is 3.10. The molecule has 0 heterocycles. The minimum atomic E-state index is -0.688. The van der Waals surface area contributed by atoms with Crippen molar-refractivity contribution in [2.45, 2.75) is 38.4 Å². The van der Waals surface area contributed by atoms with Crippen LogP contribution in [0.1, 0.15) is 42.1 Å². The van der Waals surface area contributed by atoms with Gasteiger partial charge in [-0.05, 0) is 55.5 Å². The average molecular weight is 418 g/mol. The molecule has 0 fully saturated rings. The molecule has 0 aliphatic carbocycles. The summed E-state index contributed by atoms with van der Waals surface area (Å²) in [7, 11) is 0. The molecule has 1 unspecified atom stereocenters. The Labute approximate surface area is 179 Å². The van der Waals surface area contributed by atoms with Gasteiger partial charge in [-0.25, -0.2) is 0 Å². The van der Waals surface area contributed by atoms with E-state index in [9.17, 15) is 15.3 Å². The molecule has 0 amide bonds. The van der Waals surface area contributed by atoms with Crippen LogP contribution in [0.4, 0.5) is 0 Å². The number of phenols is 1. The average Bonchev–Trinajstić information content (AvgIpc) is 2.77. The van der Waals surface area contributed by atoms with Crippen molar-refractivity contribution in [1.82, 2.24) is 5.32 Å². The van der Waals surface area contributed by atoms with Crippen molar-refractivity contribution in [3.05, 3.63) is 65.2 Å². The molecule has 0 aliphatic heterocycles. The van der Waals surface area contributed by atoms with Crippen LogP contribution < -0.4 is 5.32 Å². The van der Waals surface area contributed by atoms with Crippen LogP contribution in [0, 0.1) is 0 Å². The number of hydrogen-bond acceptors (Lipinski definition) is 6. The number of benzene rings is 2. The molecule has 2 aromatic carbocycles. The first-order valence-corrected chi connectivity index (χ1v) is 10.7. The number of unbranched alkanes of at least 4 members (excludes halogenated alkanes) is 1. The summed E-state index contributed by atoms with van der Waals surface area (Å²) in [6.07, 6.45) is 3.45. The van der Waals surface area contributed by atoms with Crippen LogP contribution in [0.5, 0.6) is 5.75 Å². The molecule has 2 rings (SSSR count). The van der Waals surface area contributed by atoms with Gasteiger partial charge in [-0.15, -0.1) is 0 Å². The monoisotopic (exact) mass is 417 g/mol. The number of aryl methyl sites for hydroxylation is 1. The molecule has 0 bridgehead atoms. The molecule has 4 N–H and O–H groups in total. The zero-order chi connectivity index (χ0) is 21.4. The van der Waals surface area contributed by atoms with E-state index in [1.165, 1.54) is 11.6 Å². The predicted octanol–water partition coefficient (Wildman–Crippen LogP) is 2.95. The molecule has 166 valence electrons. The predicted molar refractivity (Wildman–Crippen MR) is 117 cm³/mol. The number of rotatable bonds is 16. The summed E-state index contributed by atoms with van der Waals surface area (Å²) in [5.74, 6) is 0.0368. The van der Waals surface area contributed by atoms with E-state index >= 15 is 0 Å². The first kappa shape index (κ1) is 24.3. The minimum Gasteiger partial charge on any atom is -0.508 e. The second-order valence-corrected chi connectivity index (χ2v) is 7.29. The standard InChI is InChI=1S/C24H35NO5/c26-19-22-17-21(10-11-23(22)27)24(28)18-25-12-6-14-30-16-15-29-13-5-4-9-20-7-2-1-3-8-20/h1-3,7-8,10-11,17,24-28H,4-6,9,12-16,18-19H2. The summed E-state index contributed by atoms with van der Waals surface area (Å²) in [4.78, 5) is 0. The lowest BCUT2D eigenvalue weighted by Crippen LogP contribution is -2.23. The fraction of sp³-hybridized carbons (Fsp3) is 0.500. The van der Waals surface area contributed by atoms with E-state index in [-0.39, 0.29) is 12.4 Å². The van der Waals surface area contributed by atoms with Crippen LogP contribution in [-0.4, -0.2) is 54.8 Å². The van der Waals surface area contributed by atoms with Crippen LogP contribution >= 0.6 is 0 Å². The highest BCUT2D eigenvalue weighted by Crippen LogP contribution is 2.22. The van der Waals surface area contributed by atoms with Gasteiger partial charge >= 0.3 is 0 Å². The van der Waals surface area contributed by atoms with Crippen LogP contribution in [0.25, 0.3) is 0 Å². The van der Waals surface area contributed by atoms with Crippen molar-refractivity contribution in [3.8, 4) is 5.75 Å². The van der Waals surface area contributed by atoms with Gasteiger partial charge in [0.15, 0.2) is 0 Å². The minimum absolute atomic E-state index is 0.0368. The van der Waals surface area contributed by atoms with Gasteiger partial charge in [0.1, 0.15) is 5.75 Å². The summed E-state index contributed by atoms with van der Waals surface area (Å²) < 4.78 is 11.2. The van der Waals surface area contributed by atoms with E-state index in [0.717, 1.165) is 38.8 Å². The van der Waals surface area contributed by atoms with Crippen molar-refractivity contribution in [2.75, 3.05) is 39.5 Å². The molecule has 0 saturated carbocycles. The zero-order valence-corrected chi connectivity index (χ0v) is 17.6. The van der Waals surface area contributed by atoms with Gasteiger partial charge in [-0.2, -0.15) is 0 Å². The van der Waals surface area contributed by atoms with Crippen molar-refractivity contribution < 1.29 is 24.8 Å². The van der Waals surface area contributed by atoms with Gasteiger partial charge in [0.05, 0.1) is 25.9 Å². The number of nitrogens with one attached hydrogen (secondary N) is 1. The second-order valence-electron chi connectivity index (χ2n) is 7.29. The van der Waals surface area contributed by atoms with E-state index in [2.05, 4.69) is 29.6 Å². The Kier molecular flexibility index (Phi) is 12.1. The maximum Gasteiger partial charge on any atom is 0.121 e. The molecular formula is C24H35NO5. The van der Waals surface area contributed by atoms with Crippen LogP contribution in [0.2, 0.25) is 0 Å². The first-order valence-electron chi connectivity index (χ1n) is 10.7. The van der Waals surface area contributed by atoms with E-state index in [1.54, 1.807) is 12.1 Å². The highest BCUT2D eigenvalue weighted by molar-refractivity contribution is 5.36. The Morgan fingerprint density at radius 1 is 0.867 bits per heavy atom. The Hall–Kier alpha value is -1.96. The third-order valence-electron chi connectivity index (χ3n) is 4.86. The van der Waals surface area contributed by atoms with Gasteiger partial charge < -0.3 is 30.1 Å². The summed E-state index contributed by atoms with van der Waals surface area (Å²) >= 11 is 0. The van der Waals surface area contributed by atoms with Crippen molar-refractivity contribution >= 4 is 0 Å². The Morgan fingerprint density at radius 2 is 1.60 bits per heavy atom. The SMILES string of the molecule is OCc1cc(C(O)CNCCCOCCOCCCCc2ccccc2)ccc1O. The van der Waals surface area contributed by atoms with E-state index in [4.69, 9.17) is 9.47 Å². The highest BCUT2D eigenvalue weighted by Gasteiger charge is 2.09. The van der Waals surface area contributed by atoms with Crippen molar-refractivity contribution in [3.63, 3.8) is 0 Å². The summed E-state index contributed by atoms with van der Waals surface area (Å²) in [5.41, 5.74) is 2.46. The number of ether oxygens (including phenoxy) is 2. The van der Waals surface area contributed by atoms with Crippen molar-refractivity contribution in [1.29, 1.82) is 0 Å². The van der Waals surface area contributed by atoms with Crippen molar-refractivity contribution in [2.24, 2.45) is 0 Å². The number of hydrogen-bond donors (Lipinski definition) is 4. The summed E-state index contributed by atoms with van der Waals surface area (Å²) in [5, 5.41) is 32.1. The van der Waals surface area contributed by atoms with Gasteiger partial charge in [0.25, 0.3) is 0 Å². The van der Waals surface area contributed by atoms with Gasteiger partial charge in [-0.1, -0.05) is 36.4 Å². The fourth-order valence-corrected chi connectivity index (χ4v) is 3.10. The van der Waals surface area contributed by atoms with Crippen LogP contribution in [0.15, 0.2) is 48.5 Å². The molecule has 0 saturated heterocycles. The topological polar surface area (TPSA) is 91.2 Å². The molecule has 0 radical (unpaired) electrons. The first-order chi connectivity index (χ1) is 14.7. The molecule has 1 atom stereocenters. The number of aliphatic hydroxyl groups is 2. The summed E-state index contributed by atoms with van der Waals surface area (Å²) in [6.45, 7) is 3.52. The highest BCUT2D eigenvalue weighted by atomic mass is 16.5. The molecule has 2 aromatic rings. The van der Waals surface area contributed by atoms with E-state index < -0.39 is 6.10 Å². The molecule has 30 heavy (non-hydrogen) atoms. The smallest absolute Gasteiger partial charge is 0.121 e. The molecule has 6 heteroatoms. The van der Waals surface area contributed by atoms with Gasteiger partial charge in [-0.3, -0.25) is 0 Å². The molecule has 0 aromatic heterocycles. The maximum atomic E-state index is 10.2. The van der Waals surface area contributed by atoms with Gasteiger partial charge in [0, 0.05) is 25.3 Å². The lowest BCUT2D eigenvalue weighted by atomic mass is 10.1. The van der Waals surface area contributed by atoms with E-state index in [1.807, 2.05) is 6.07 Å². The van der Waals surface area contributed by atoms with Crippen LogP contribution in [-0.2, 0) is 22.5 Å². The Balaban J connectivity index is 1.39. The zero-order valence-electron chi connectivity index (χ0n) is 17.6. The molecule has 0 spiro atoms. The summed E-state index contributed by atoms with van der Waals surface area (Å²) in [6, 6.07) is 15.3. The molecule has 0 aliphatic rings. The quantitative estimate of drug-likeness (QED) is 0.314. The second kappa shape index (κ2) is 14.9. The lowest BCUT2D eigenvalue weighted by molar-refractivity contribution is 0.0454.